The van der Waals surface area contributed by atoms with Gasteiger partial charge in [0.15, 0.2) is 12.6 Å². The van der Waals surface area contributed by atoms with Gasteiger partial charge in [-0.05, 0) is 125 Å². The van der Waals surface area contributed by atoms with E-state index in [2.05, 4.69) is 58.9 Å². The van der Waals surface area contributed by atoms with E-state index in [-0.39, 0.29) is 30.1 Å². The summed E-state index contributed by atoms with van der Waals surface area (Å²) in [5, 5.41) is 0. The van der Waals surface area contributed by atoms with Crippen molar-refractivity contribution in [3.8, 4) is 11.5 Å². The lowest BCUT2D eigenvalue weighted by atomic mass is 9.98. The molecule has 0 bridgehead atoms. The van der Waals surface area contributed by atoms with Crippen LogP contribution in [-0.2, 0) is 19.0 Å². The highest BCUT2D eigenvalue weighted by molar-refractivity contribution is 5.72. The van der Waals surface area contributed by atoms with Crippen LogP contribution in [0.1, 0.15) is 149 Å². The number of ether oxygens (including phenoxy) is 5. The van der Waals surface area contributed by atoms with E-state index >= 15 is 0 Å². The molecule has 0 aliphatic heterocycles. The fourth-order valence-electron chi connectivity index (χ4n) is 5.40. The number of carbonyl (C=O) groups is 1. The number of rotatable bonds is 19. The Kier molecular flexibility index (Phi) is 18.4. The van der Waals surface area contributed by atoms with Crippen LogP contribution in [0.3, 0.4) is 0 Å². The molecule has 3 rings (SSSR count). The van der Waals surface area contributed by atoms with Crippen molar-refractivity contribution in [1.29, 1.82) is 0 Å². The number of unbranched alkanes of at least 4 members (excludes halogenated alkanes) is 1. The van der Waals surface area contributed by atoms with Crippen molar-refractivity contribution in [2.75, 3.05) is 13.2 Å². The second kappa shape index (κ2) is 21.3. The summed E-state index contributed by atoms with van der Waals surface area (Å²) in [7, 11) is 0. The monoisotopic (exact) mass is 640 g/mol. The molecular weight excluding hydrogens is 576 g/mol. The Labute approximate surface area is 280 Å². The highest BCUT2D eigenvalue weighted by Crippen LogP contribution is 2.36. The summed E-state index contributed by atoms with van der Waals surface area (Å²) in [5.41, 5.74) is 2.57. The average Bonchev–Trinajstić information content (AvgIpc) is 3.54. The van der Waals surface area contributed by atoms with Gasteiger partial charge in [-0.3, -0.25) is 4.79 Å². The van der Waals surface area contributed by atoms with E-state index in [1.165, 1.54) is 24.0 Å². The number of hydrogen-bond donors (Lipinski definition) is 0. The number of benzene rings is 2. The number of carbonyl (C=O) groups excluding carboxylic acids is 1. The fourth-order valence-corrected chi connectivity index (χ4v) is 5.40. The molecule has 2 aromatic carbocycles. The summed E-state index contributed by atoms with van der Waals surface area (Å²) in [5.74, 6) is 2.88. The summed E-state index contributed by atoms with van der Waals surface area (Å²) >= 11 is 0. The van der Waals surface area contributed by atoms with Crippen LogP contribution >= 0.6 is 0 Å². The molecule has 0 saturated heterocycles. The Morgan fingerprint density at radius 2 is 1.07 bits per heavy atom. The lowest BCUT2D eigenvalue weighted by molar-refractivity contribution is -0.164. The Balaban J connectivity index is 0.000000438. The lowest BCUT2D eigenvalue weighted by Crippen LogP contribution is -2.33. The predicted molar refractivity (Wildman–Crippen MR) is 189 cm³/mol. The van der Waals surface area contributed by atoms with Gasteiger partial charge in [0.1, 0.15) is 17.1 Å². The second-order valence-corrected chi connectivity index (χ2v) is 13.1. The molecule has 6 nitrogen and oxygen atoms in total. The van der Waals surface area contributed by atoms with Crippen molar-refractivity contribution >= 4 is 5.97 Å². The van der Waals surface area contributed by atoms with E-state index in [9.17, 15) is 4.79 Å². The number of hydrogen-bond acceptors (Lipinski definition) is 6. The van der Waals surface area contributed by atoms with Crippen molar-refractivity contribution in [2.45, 2.75) is 157 Å². The molecule has 0 radical (unpaired) electrons. The maximum atomic E-state index is 11.7. The van der Waals surface area contributed by atoms with Gasteiger partial charge in [0.2, 0.25) is 0 Å². The molecule has 6 heteroatoms. The molecule has 2 aromatic rings. The third-order valence-electron chi connectivity index (χ3n) is 9.46. The minimum Gasteiger partial charge on any atom is -0.465 e. The predicted octanol–water partition coefficient (Wildman–Crippen LogP) is 11.0. The van der Waals surface area contributed by atoms with Gasteiger partial charge in [-0.15, -0.1) is 0 Å². The van der Waals surface area contributed by atoms with Crippen LogP contribution in [0.25, 0.3) is 0 Å². The summed E-state index contributed by atoms with van der Waals surface area (Å²) in [6, 6.07) is 16.6. The zero-order valence-electron chi connectivity index (χ0n) is 30.4. The Bertz CT molecular complexity index is 1010. The van der Waals surface area contributed by atoms with E-state index < -0.39 is 0 Å². The van der Waals surface area contributed by atoms with Gasteiger partial charge in [-0.2, -0.15) is 0 Å². The smallest absolute Gasteiger partial charge is 0.309 e. The molecule has 0 amide bonds. The Morgan fingerprint density at radius 1 is 0.652 bits per heavy atom. The molecule has 1 fully saturated rings. The van der Waals surface area contributed by atoms with Gasteiger partial charge in [0.25, 0.3) is 0 Å². The molecular formula is C40H64O6. The second-order valence-electron chi connectivity index (χ2n) is 13.1. The Hall–Kier alpha value is -2.57. The first-order chi connectivity index (χ1) is 22.1. The molecule has 1 saturated carbocycles. The quantitative estimate of drug-likeness (QED) is 0.0865. The zero-order valence-corrected chi connectivity index (χ0v) is 30.4. The van der Waals surface area contributed by atoms with E-state index in [1.54, 1.807) is 0 Å². The molecule has 0 spiro atoms. The van der Waals surface area contributed by atoms with Crippen LogP contribution < -0.4 is 9.47 Å². The van der Waals surface area contributed by atoms with Gasteiger partial charge in [0.05, 0.1) is 19.1 Å². The van der Waals surface area contributed by atoms with Crippen LogP contribution in [0.5, 0.6) is 11.5 Å². The normalized spacial score (nSPS) is 17.2. The van der Waals surface area contributed by atoms with Gasteiger partial charge in [-0.25, -0.2) is 0 Å². The Morgan fingerprint density at radius 3 is 1.41 bits per heavy atom. The maximum Gasteiger partial charge on any atom is 0.309 e. The minimum atomic E-state index is -0.272. The number of esters is 1. The van der Waals surface area contributed by atoms with Gasteiger partial charge < -0.3 is 23.7 Å². The van der Waals surface area contributed by atoms with E-state index in [4.69, 9.17) is 23.7 Å². The molecule has 5 atom stereocenters. The third-order valence-corrected chi connectivity index (χ3v) is 9.46. The average molecular weight is 641 g/mol. The zero-order chi connectivity index (χ0) is 34.0. The van der Waals surface area contributed by atoms with Crippen molar-refractivity contribution in [1.82, 2.24) is 0 Å². The van der Waals surface area contributed by atoms with Crippen LogP contribution in [0.2, 0.25) is 0 Å². The largest absolute Gasteiger partial charge is 0.465 e. The van der Waals surface area contributed by atoms with E-state index in [0.717, 1.165) is 62.9 Å². The maximum absolute atomic E-state index is 11.7. The van der Waals surface area contributed by atoms with Crippen molar-refractivity contribution in [2.24, 2.45) is 5.92 Å². The lowest BCUT2D eigenvalue weighted by Gasteiger charge is -2.29. The molecule has 0 N–H and O–H groups in total. The van der Waals surface area contributed by atoms with Crippen LogP contribution in [-0.4, -0.2) is 37.4 Å². The fraction of sp³-hybridized carbons (Fsp3) is 0.675. The van der Waals surface area contributed by atoms with Crippen molar-refractivity contribution in [3.05, 3.63) is 59.7 Å². The first-order valence-corrected chi connectivity index (χ1v) is 18.1. The molecule has 5 unspecified atom stereocenters. The summed E-state index contributed by atoms with van der Waals surface area (Å²) in [4.78, 5) is 11.7. The van der Waals surface area contributed by atoms with E-state index in [1.807, 2.05) is 52.0 Å². The summed E-state index contributed by atoms with van der Waals surface area (Å²) in [6.45, 7) is 20.1. The molecule has 46 heavy (non-hydrogen) atoms. The molecule has 0 aromatic heterocycles. The SMILES string of the molecule is CCC(C)C(=O)OC1(CC)CCCC1.CCC(C)c1ccc(OC(C)OCCCCOC(C)Oc2ccc(C(C)CC)cc2)cc1. The van der Waals surface area contributed by atoms with Crippen LogP contribution in [0, 0.1) is 5.92 Å². The van der Waals surface area contributed by atoms with Crippen molar-refractivity contribution in [3.63, 3.8) is 0 Å². The van der Waals surface area contributed by atoms with Crippen molar-refractivity contribution < 1.29 is 28.5 Å². The topological polar surface area (TPSA) is 63.2 Å². The van der Waals surface area contributed by atoms with Gasteiger partial charge >= 0.3 is 5.97 Å². The first-order valence-electron chi connectivity index (χ1n) is 18.1. The van der Waals surface area contributed by atoms with Crippen LogP contribution in [0.15, 0.2) is 48.5 Å². The van der Waals surface area contributed by atoms with Crippen LogP contribution in [0.4, 0.5) is 0 Å². The molecule has 1 aliphatic rings. The minimum absolute atomic E-state index is 0.00347. The summed E-state index contributed by atoms with van der Waals surface area (Å²) < 4.78 is 28.9. The van der Waals surface area contributed by atoms with Gasteiger partial charge in [-0.1, -0.05) is 72.7 Å². The van der Waals surface area contributed by atoms with Gasteiger partial charge in [0, 0.05) is 0 Å². The summed E-state index contributed by atoms with van der Waals surface area (Å²) in [6.07, 6.45) is 9.94. The highest BCUT2D eigenvalue weighted by atomic mass is 16.7. The van der Waals surface area contributed by atoms with E-state index in [0.29, 0.717) is 25.0 Å². The first kappa shape index (κ1) is 39.6. The standard InChI is InChI=1S/C28H42O4.C12H22O2/c1-7-21(3)25-11-15-27(16-12-25)31-23(5)29-19-9-10-20-30-24(6)32-28-17-13-26(14-18-28)22(4)8-2;1-4-10(3)11(13)14-12(5-2)8-6-7-9-12/h11-18,21-24H,7-10,19-20H2,1-6H3;10H,4-9H2,1-3H3. The third kappa shape index (κ3) is 14.0. The molecule has 0 heterocycles. The highest BCUT2D eigenvalue weighted by Gasteiger charge is 2.36. The molecule has 1 aliphatic carbocycles. The molecule has 260 valence electrons.